The minimum absolute atomic E-state index is 0.0122. The summed E-state index contributed by atoms with van der Waals surface area (Å²) in [4.78, 5) is 22.8. The molecule has 0 heterocycles. The molecule has 0 aromatic heterocycles. The van der Waals surface area contributed by atoms with E-state index in [4.69, 9.17) is 11.7 Å². The Bertz CT molecular complexity index is 266. The van der Waals surface area contributed by atoms with Crippen LogP contribution >= 0.6 is 0 Å². The van der Waals surface area contributed by atoms with Gasteiger partial charge in [0.15, 0.2) is 0 Å². The van der Waals surface area contributed by atoms with Gasteiger partial charge in [-0.05, 0) is 31.1 Å². The van der Waals surface area contributed by atoms with Gasteiger partial charge < -0.3 is 0 Å². The van der Waals surface area contributed by atoms with Crippen LogP contribution in [0.2, 0.25) is 0 Å². The van der Waals surface area contributed by atoms with Crippen molar-refractivity contribution in [1.29, 1.82) is 0 Å². The molecule has 0 aromatic carbocycles. The normalized spacial score (nSPS) is 37.7. The highest BCUT2D eigenvalue weighted by Crippen LogP contribution is 2.51. The monoisotopic (exact) mass is 212 g/mol. The molecule has 0 radical (unpaired) electrons. The first-order valence-electron chi connectivity index (χ1n) is 5.18. The van der Waals surface area contributed by atoms with Gasteiger partial charge in [0.1, 0.15) is 0 Å². The molecule has 2 aliphatic carbocycles. The number of hydrogen-bond donors (Lipinski definition) is 4. The number of carbonyl (C=O) groups is 2. The topological polar surface area (TPSA) is 110 Å². The summed E-state index contributed by atoms with van der Waals surface area (Å²) in [7, 11) is 0. The zero-order valence-corrected chi connectivity index (χ0v) is 8.40. The molecule has 2 fully saturated rings. The third-order valence-electron chi connectivity index (χ3n) is 3.81. The van der Waals surface area contributed by atoms with Crippen molar-refractivity contribution in [3.63, 3.8) is 0 Å². The third-order valence-corrected chi connectivity index (χ3v) is 3.81. The lowest BCUT2D eigenvalue weighted by atomic mass is 9.81. The average molecular weight is 212 g/mol. The molecule has 0 aliphatic heterocycles. The summed E-state index contributed by atoms with van der Waals surface area (Å²) < 4.78 is 0. The van der Waals surface area contributed by atoms with E-state index in [0.29, 0.717) is 11.8 Å². The van der Waals surface area contributed by atoms with Gasteiger partial charge in [-0.15, -0.1) is 0 Å². The molecule has 6 nitrogen and oxygen atoms in total. The van der Waals surface area contributed by atoms with E-state index >= 15 is 0 Å². The van der Waals surface area contributed by atoms with E-state index in [1.54, 1.807) is 0 Å². The number of nitrogens with two attached hydrogens (primary N) is 2. The molecule has 0 spiro atoms. The van der Waals surface area contributed by atoms with Gasteiger partial charge in [-0.2, -0.15) is 0 Å². The molecule has 6 heteroatoms. The summed E-state index contributed by atoms with van der Waals surface area (Å²) in [6.45, 7) is 0. The number of rotatable bonds is 2. The number of hydrogen-bond acceptors (Lipinski definition) is 4. The molecule has 4 unspecified atom stereocenters. The average Bonchev–Trinajstić information content (AvgIpc) is 2.85. The molecule has 2 saturated carbocycles. The zero-order valence-electron chi connectivity index (χ0n) is 8.40. The second-order valence-electron chi connectivity index (χ2n) is 4.46. The minimum atomic E-state index is -0.103. The lowest BCUT2D eigenvalue weighted by molar-refractivity contribution is -0.131. The highest BCUT2D eigenvalue weighted by atomic mass is 16.2. The van der Waals surface area contributed by atoms with Crippen LogP contribution in [0, 0.1) is 23.7 Å². The predicted octanol–water partition coefficient (Wildman–Crippen LogP) is -1.37. The quantitative estimate of drug-likeness (QED) is 0.257. The molecule has 2 amide bonds. The molecule has 15 heavy (non-hydrogen) atoms. The van der Waals surface area contributed by atoms with Crippen molar-refractivity contribution in [2.24, 2.45) is 35.4 Å². The molecular weight excluding hydrogens is 196 g/mol. The number of hydrazine groups is 2. The van der Waals surface area contributed by atoms with E-state index in [2.05, 4.69) is 10.9 Å². The van der Waals surface area contributed by atoms with Crippen molar-refractivity contribution in [2.45, 2.75) is 19.3 Å². The molecule has 0 aromatic rings. The van der Waals surface area contributed by atoms with Crippen molar-refractivity contribution in [2.75, 3.05) is 0 Å². The Labute approximate surface area is 87.7 Å². The maximum Gasteiger partial charge on any atom is 0.237 e. The van der Waals surface area contributed by atoms with Crippen molar-refractivity contribution in [1.82, 2.24) is 10.9 Å². The summed E-state index contributed by atoms with van der Waals surface area (Å²) in [6, 6.07) is 0. The van der Waals surface area contributed by atoms with Crippen molar-refractivity contribution in [3.05, 3.63) is 0 Å². The molecule has 0 saturated heterocycles. The van der Waals surface area contributed by atoms with Gasteiger partial charge in [-0.1, -0.05) is 0 Å². The fraction of sp³-hybridized carbons (Fsp3) is 0.778. The smallest absolute Gasteiger partial charge is 0.237 e. The van der Waals surface area contributed by atoms with E-state index in [1.807, 2.05) is 0 Å². The summed E-state index contributed by atoms with van der Waals surface area (Å²) in [5.41, 5.74) is 4.37. The number of fused-ring (bicyclic) bond motifs is 2. The standard InChI is InChI=1S/C9H16N4O2/c10-12-8(14)6-2-4-1-5(6)3-7(4)9(15)13-11/h4-7H,1-3,10-11H2,(H,12,14)(H,13,15). The molecule has 2 bridgehead atoms. The maximum absolute atomic E-state index is 11.4. The number of nitrogens with one attached hydrogen (secondary N) is 2. The molecule has 2 aliphatic rings. The van der Waals surface area contributed by atoms with Crippen molar-refractivity contribution in [3.8, 4) is 0 Å². The Hall–Kier alpha value is -1.14. The number of amides is 2. The second kappa shape index (κ2) is 3.79. The third kappa shape index (κ3) is 1.59. The van der Waals surface area contributed by atoms with Gasteiger partial charge >= 0.3 is 0 Å². The van der Waals surface area contributed by atoms with Crippen LogP contribution in [-0.4, -0.2) is 11.8 Å². The van der Waals surface area contributed by atoms with Gasteiger partial charge in [-0.3, -0.25) is 20.4 Å². The summed E-state index contributed by atoms with van der Waals surface area (Å²) in [5.74, 6) is 10.6. The minimum Gasteiger partial charge on any atom is -0.294 e. The first kappa shape index (κ1) is 10.4. The molecule has 84 valence electrons. The Morgan fingerprint density at radius 3 is 1.53 bits per heavy atom. The van der Waals surface area contributed by atoms with E-state index in [9.17, 15) is 9.59 Å². The molecule has 6 N–H and O–H groups in total. The fourth-order valence-electron chi connectivity index (χ4n) is 3.13. The Kier molecular flexibility index (Phi) is 2.62. The first-order valence-corrected chi connectivity index (χ1v) is 5.18. The van der Waals surface area contributed by atoms with E-state index in [0.717, 1.165) is 19.3 Å². The molecule has 4 atom stereocenters. The van der Waals surface area contributed by atoms with Gasteiger partial charge in [0.05, 0.1) is 0 Å². The van der Waals surface area contributed by atoms with Crippen LogP contribution in [-0.2, 0) is 9.59 Å². The van der Waals surface area contributed by atoms with Crippen LogP contribution in [0.3, 0.4) is 0 Å². The lowest BCUT2D eigenvalue weighted by Gasteiger charge is -2.25. The summed E-state index contributed by atoms with van der Waals surface area (Å²) in [6.07, 6.45) is 2.45. The number of carbonyl (C=O) groups excluding carboxylic acids is 2. The molecular formula is C9H16N4O2. The Morgan fingerprint density at radius 2 is 1.27 bits per heavy atom. The highest BCUT2D eigenvalue weighted by molar-refractivity contribution is 5.82. The van der Waals surface area contributed by atoms with Crippen LogP contribution in [0.5, 0.6) is 0 Å². The largest absolute Gasteiger partial charge is 0.294 e. The van der Waals surface area contributed by atoms with Gasteiger partial charge in [0, 0.05) is 11.8 Å². The highest BCUT2D eigenvalue weighted by Gasteiger charge is 2.50. The van der Waals surface area contributed by atoms with Gasteiger partial charge in [0.2, 0.25) is 11.8 Å². The first-order chi connectivity index (χ1) is 7.17. The van der Waals surface area contributed by atoms with Crippen molar-refractivity contribution >= 4 is 11.8 Å². The fourth-order valence-corrected chi connectivity index (χ4v) is 3.13. The summed E-state index contributed by atoms with van der Waals surface area (Å²) in [5, 5.41) is 0. The maximum atomic E-state index is 11.4. The SMILES string of the molecule is NNC(=O)C1CC2CC1CC2C(=O)NN. The zero-order chi connectivity index (χ0) is 11.0. The Balaban J connectivity index is 2.00. The van der Waals surface area contributed by atoms with E-state index in [1.165, 1.54) is 0 Å². The Morgan fingerprint density at radius 1 is 0.867 bits per heavy atom. The van der Waals surface area contributed by atoms with E-state index < -0.39 is 0 Å². The van der Waals surface area contributed by atoms with Crippen molar-refractivity contribution < 1.29 is 9.59 Å². The predicted molar refractivity (Wildman–Crippen MR) is 52.5 cm³/mol. The lowest BCUT2D eigenvalue weighted by Crippen LogP contribution is -2.42. The van der Waals surface area contributed by atoms with Crippen LogP contribution in [0.15, 0.2) is 0 Å². The van der Waals surface area contributed by atoms with Crippen LogP contribution in [0.1, 0.15) is 19.3 Å². The second-order valence-corrected chi connectivity index (χ2v) is 4.46. The van der Waals surface area contributed by atoms with Crippen LogP contribution in [0.4, 0.5) is 0 Å². The molecule has 2 rings (SSSR count). The van der Waals surface area contributed by atoms with Gasteiger partial charge in [-0.25, -0.2) is 11.7 Å². The summed E-state index contributed by atoms with van der Waals surface area (Å²) >= 11 is 0. The van der Waals surface area contributed by atoms with Gasteiger partial charge in [0.25, 0.3) is 0 Å². The van der Waals surface area contributed by atoms with Crippen LogP contribution < -0.4 is 22.5 Å². The van der Waals surface area contributed by atoms with E-state index in [-0.39, 0.29) is 23.7 Å². The van der Waals surface area contributed by atoms with Crippen LogP contribution in [0.25, 0.3) is 0 Å².